The summed E-state index contributed by atoms with van der Waals surface area (Å²) in [6.07, 6.45) is -5.32. The third-order valence-corrected chi connectivity index (χ3v) is 3.21. The van der Waals surface area contributed by atoms with Crippen LogP contribution >= 0.6 is 15.9 Å². The van der Waals surface area contributed by atoms with Crippen molar-refractivity contribution in [3.05, 3.63) is 34.3 Å². The van der Waals surface area contributed by atoms with E-state index in [1.54, 1.807) is 38.1 Å². The summed E-state index contributed by atoms with van der Waals surface area (Å²) in [4.78, 5) is 11.0. The molecule has 0 amide bonds. The first kappa shape index (κ1) is 14.2. The van der Waals surface area contributed by atoms with Crippen molar-refractivity contribution in [2.45, 2.75) is 31.9 Å². The highest BCUT2D eigenvalue weighted by Gasteiger charge is 2.41. The van der Waals surface area contributed by atoms with Crippen LogP contribution in [0.4, 0.5) is 13.2 Å². The lowest BCUT2D eigenvalue weighted by Gasteiger charge is -2.26. The van der Waals surface area contributed by atoms with Crippen LogP contribution in [-0.2, 0) is 10.2 Å². The zero-order valence-electron chi connectivity index (χ0n) is 9.44. The summed E-state index contributed by atoms with van der Waals surface area (Å²) >= 11 is 3.28. The minimum atomic E-state index is -4.77. The summed E-state index contributed by atoms with van der Waals surface area (Å²) in [5.41, 5.74) is -0.162. The molecule has 0 bridgehead atoms. The molecule has 1 nitrogen and oxygen atoms in total. The summed E-state index contributed by atoms with van der Waals surface area (Å²) in [7, 11) is 0. The number of rotatable bonds is 3. The van der Waals surface area contributed by atoms with E-state index in [1.165, 1.54) is 0 Å². The van der Waals surface area contributed by atoms with Crippen LogP contribution in [0.5, 0.6) is 0 Å². The van der Waals surface area contributed by atoms with Gasteiger partial charge < -0.3 is 0 Å². The second-order valence-corrected chi connectivity index (χ2v) is 5.32. The van der Waals surface area contributed by atoms with Crippen molar-refractivity contribution in [3.63, 3.8) is 0 Å². The van der Waals surface area contributed by atoms with E-state index in [2.05, 4.69) is 15.9 Å². The molecule has 0 unspecified atom stereocenters. The molecule has 94 valence electrons. The second-order valence-electron chi connectivity index (χ2n) is 4.46. The van der Waals surface area contributed by atoms with E-state index in [4.69, 9.17) is 0 Å². The molecule has 0 atom stereocenters. The van der Waals surface area contributed by atoms with Crippen LogP contribution in [0, 0.1) is 0 Å². The van der Waals surface area contributed by atoms with Crippen LogP contribution in [0.3, 0.4) is 0 Å². The van der Waals surface area contributed by atoms with Crippen LogP contribution < -0.4 is 0 Å². The molecule has 0 aliphatic carbocycles. The van der Waals surface area contributed by atoms with E-state index in [-0.39, 0.29) is 0 Å². The van der Waals surface area contributed by atoms with Gasteiger partial charge in [0.25, 0.3) is 0 Å². The highest BCUT2D eigenvalue weighted by molar-refractivity contribution is 9.10. The molecule has 17 heavy (non-hydrogen) atoms. The third kappa shape index (κ3) is 3.56. The van der Waals surface area contributed by atoms with Crippen molar-refractivity contribution in [2.24, 2.45) is 0 Å². The Morgan fingerprint density at radius 2 is 1.76 bits per heavy atom. The lowest BCUT2D eigenvalue weighted by molar-refractivity contribution is -0.172. The van der Waals surface area contributed by atoms with Gasteiger partial charge >= 0.3 is 6.18 Å². The molecular weight excluding hydrogens is 297 g/mol. The minimum absolute atomic E-state index is 0.556. The van der Waals surface area contributed by atoms with Crippen molar-refractivity contribution in [1.29, 1.82) is 0 Å². The van der Waals surface area contributed by atoms with Crippen LogP contribution in [0.1, 0.15) is 25.8 Å². The van der Waals surface area contributed by atoms with Gasteiger partial charge in [0.05, 0.1) is 0 Å². The monoisotopic (exact) mass is 308 g/mol. The third-order valence-electron chi connectivity index (χ3n) is 2.52. The number of hydrogen-bond donors (Lipinski definition) is 0. The number of carbonyl (C=O) groups excluding carboxylic acids is 1. The highest BCUT2D eigenvalue weighted by atomic mass is 79.9. The fourth-order valence-corrected chi connectivity index (χ4v) is 2.43. The molecule has 0 spiro atoms. The molecule has 0 aromatic heterocycles. The lowest BCUT2D eigenvalue weighted by atomic mass is 9.80. The highest BCUT2D eigenvalue weighted by Crippen LogP contribution is 2.35. The van der Waals surface area contributed by atoms with Gasteiger partial charge in [0, 0.05) is 10.9 Å². The molecule has 0 saturated carbocycles. The van der Waals surface area contributed by atoms with E-state index >= 15 is 0 Å². The molecule has 0 saturated heterocycles. The van der Waals surface area contributed by atoms with Gasteiger partial charge in [-0.3, -0.25) is 4.79 Å². The predicted molar refractivity (Wildman–Crippen MR) is 62.8 cm³/mol. The molecule has 1 aromatic carbocycles. The fourth-order valence-electron chi connectivity index (χ4n) is 1.61. The van der Waals surface area contributed by atoms with Gasteiger partial charge in [-0.2, -0.15) is 13.2 Å². The number of carbonyl (C=O) groups is 1. The lowest BCUT2D eigenvalue weighted by Crippen LogP contribution is -2.31. The molecule has 1 aromatic rings. The van der Waals surface area contributed by atoms with Gasteiger partial charge in [0.2, 0.25) is 5.78 Å². The Balaban J connectivity index is 2.97. The molecule has 1 rings (SSSR count). The Hall–Kier alpha value is -0.840. The summed E-state index contributed by atoms with van der Waals surface area (Å²) in [5, 5.41) is 0. The summed E-state index contributed by atoms with van der Waals surface area (Å²) in [6, 6.07) is 6.97. The fraction of sp³-hybridized carbons (Fsp3) is 0.417. The van der Waals surface area contributed by atoms with E-state index in [0.29, 0.717) is 10.0 Å². The summed E-state index contributed by atoms with van der Waals surface area (Å²) in [5.74, 6) is -1.70. The number of ketones is 1. The number of alkyl halides is 3. The quantitative estimate of drug-likeness (QED) is 0.816. The van der Waals surface area contributed by atoms with Gasteiger partial charge in [-0.1, -0.05) is 48.0 Å². The topological polar surface area (TPSA) is 17.1 Å². The molecule has 0 fully saturated rings. The van der Waals surface area contributed by atoms with Crippen LogP contribution in [0.15, 0.2) is 28.7 Å². The molecule has 5 heteroatoms. The zero-order chi connectivity index (χ0) is 13.3. The van der Waals surface area contributed by atoms with E-state index in [9.17, 15) is 18.0 Å². The zero-order valence-corrected chi connectivity index (χ0v) is 11.0. The van der Waals surface area contributed by atoms with Gasteiger partial charge in [-0.25, -0.2) is 0 Å². The predicted octanol–water partition coefficient (Wildman–Crippen LogP) is 4.25. The van der Waals surface area contributed by atoms with Crippen molar-refractivity contribution in [3.8, 4) is 0 Å². The maximum absolute atomic E-state index is 12.2. The van der Waals surface area contributed by atoms with Crippen LogP contribution in [0.25, 0.3) is 0 Å². The Morgan fingerprint density at radius 1 is 1.24 bits per heavy atom. The van der Waals surface area contributed by atoms with Gasteiger partial charge in [0.15, 0.2) is 0 Å². The minimum Gasteiger partial charge on any atom is -0.290 e. The van der Waals surface area contributed by atoms with E-state index in [0.717, 1.165) is 0 Å². The SMILES string of the molecule is CC(C)(CC(=O)C(F)(F)F)c1ccccc1Br. The first-order chi connectivity index (χ1) is 7.64. The summed E-state index contributed by atoms with van der Waals surface area (Å²) in [6.45, 7) is 3.24. The molecule has 0 radical (unpaired) electrons. The van der Waals surface area contributed by atoms with Crippen molar-refractivity contribution in [1.82, 2.24) is 0 Å². The largest absolute Gasteiger partial charge is 0.450 e. The Bertz CT molecular complexity index is 424. The van der Waals surface area contributed by atoms with Crippen LogP contribution in [0.2, 0.25) is 0 Å². The maximum atomic E-state index is 12.2. The number of halogens is 4. The summed E-state index contributed by atoms with van der Waals surface area (Å²) < 4.78 is 37.4. The van der Waals surface area contributed by atoms with Gasteiger partial charge in [-0.05, 0) is 17.0 Å². The standard InChI is InChI=1S/C12H12BrF3O/c1-11(2,7-10(17)12(14,15)16)8-5-3-4-6-9(8)13/h3-6H,7H2,1-2H3. The first-order valence-corrected chi connectivity index (χ1v) is 5.79. The maximum Gasteiger partial charge on any atom is 0.450 e. The van der Waals surface area contributed by atoms with Crippen molar-refractivity contribution in [2.75, 3.05) is 0 Å². The average Bonchev–Trinajstić information content (AvgIpc) is 2.15. The first-order valence-electron chi connectivity index (χ1n) is 4.99. The molecular formula is C12H12BrF3O. The Kier molecular flexibility index (Phi) is 4.02. The number of benzene rings is 1. The Morgan fingerprint density at radius 3 is 2.24 bits per heavy atom. The van der Waals surface area contributed by atoms with Gasteiger partial charge in [0.1, 0.15) is 0 Å². The molecule has 0 heterocycles. The number of hydrogen-bond acceptors (Lipinski definition) is 1. The second kappa shape index (κ2) is 4.80. The van der Waals surface area contributed by atoms with Crippen molar-refractivity contribution < 1.29 is 18.0 Å². The van der Waals surface area contributed by atoms with E-state index in [1.807, 2.05) is 0 Å². The smallest absolute Gasteiger partial charge is 0.290 e. The average molecular weight is 309 g/mol. The van der Waals surface area contributed by atoms with E-state index < -0.39 is 23.8 Å². The molecule has 0 N–H and O–H groups in total. The van der Waals surface area contributed by atoms with Gasteiger partial charge in [-0.15, -0.1) is 0 Å². The molecule has 0 aliphatic heterocycles. The normalized spacial score (nSPS) is 12.6. The van der Waals surface area contributed by atoms with Crippen molar-refractivity contribution >= 4 is 21.7 Å². The molecule has 0 aliphatic rings. The van der Waals surface area contributed by atoms with Crippen LogP contribution in [-0.4, -0.2) is 12.0 Å². The number of Topliss-reactive ketones (excluding diaryl/α,β-unsaturated/α-hetero) is 1. The Labute approximate surface area is 106 Å².